The van der Waals surface area contributed by atoms with Gasteiger partial charge >= 0.3 is 0 Å². The number of ether oxygens (including phenoxy) is 1. The molecule has 2 rings (SSSR count). The highest BCUT2D eigenvalue weighted by molar-refractivity contribution is 6.33. The van der Waals surface area contributed by atoms with Crippen molar-refractivity contribution < 1.29 is 9.53 Å². The van der Waals surface area contributed by atoms with Gasteiger partial charge in [0.15, 0.2) is 0 Å². The molecule has 0 aromatic carbocycles. The minimum absolute atomic E-state index is 0.0685. The molecule has 0 radical (unpaired) electrons. The van der Waals surface area contributed by atoms with Gasteiger partial charge in [0.2, 0.25) is 0 Å². The van der Waals surface area contributed by atoms with Crippen LogP contribution in [0.2, 0.25) is 5.02 Å². The maximum Gasteiger partial charge on any atom is 0.274 e. The van der Waals surface area contributed by atoms with Gasteiger partial charge < -0.3 is 15.0 Å². The van der Waals surface area contributed by atoms with Gasteiger partial charge in [-0.3, -0.25) is 4.79 Å². The van der Waals surface area contributed by atoms with E-state index in [1.807, 2.05) is 0 Å². The van der Waals surface area contributed by atoms with Gasteiger partial charge in [-0.15, -0.1) is 0 Å². The van der Waals surface area contributed by atoms with Crippen molar-refractivity contribution in [2.45, 2.75) is 19.4 Å². The molecule has 1 fully saturated rings. The van der Waals surface area contributed by atoms with Crippen LogP contribution >= 0.6 is 11.6 Å². The molecule has 1 aliphatic heterocycles. The summed E-state index contributed by atoms with van der Waals surface area (Å²) in [4.78, 5) is 18.6. The minimum Gasteiger partial charge on any atom is -0.379 e. The van der Waals surface area contributed by atoms with Crippen molar-refractivity contribution >= 4 is 23.3 Å². The van der Waals surface area contributed by atoms with Gasteiger partial charge in [0, 0.05) is 27.2 Å². The molecule has 2 heterocycles. The molecule has 2 unspecified atom stereocenters. The first-order valence-corrected chi connectivity index (χ1v) is 7.11. The first-order chi connectivity index (χ1) is 9.56. The summed E-state index contributed by atoms with van der Waals surface area (Å²) in [5.41, 5.74) is 0.294. The molecular formula is C14H20ClN3O2. The van der Waals surface area contributed by atoms with Crippen LogP contribution in [0.4, 0.5) is 5.82 Å². The Bertz CT molecular complexity index is 495. The Hall–Kier alpha value is -1.33. The SMILES string of the molecule is CNc1ccc(Cl)c(C(=O)N2CCC(C)C(OC)C2)n1. The van der Waals surface area contributed by atoms with Crippen LogP contribution in [0.25, 0.3) is 0 Å². The number of likely N-dealkylation sites (tertiary alicyclic amines) is 1. The quantitative estimate of drug-likeness (QED) is 0.930. The fourth-order valence-electron chi connectivity index (χ4n) is 2.41. The van der Waals surface area contributed by atoms with E-state index < -0.39 is 0 Å². The first kappa shape index (κ1) is 15.1. The van der Waals surface area contributed by atoms with Crippen LogP contribution < -0.4 is 5.32 Å². The van der Waals surface area contributed by atoms with E-state index in [1.165, 1.54) is 0 Å². The molecule has 0 aliphatic carbocycles. The molecule has 1 saturated heterocycles. The lowest BCUT2D eigenvalue weighted by molar-refractivity contribution is -0.00176. The van der Waals surface area contributed by atoms with E-state index in [0.29, 0.717) is 35.5 Å². The van der Waals surface area contributed by atoms with Crippen LogP contribution in [0, 0.1) is 5.92 Å². The highest BCUT2D eigenvalue weighted by Gasteiger charge is 2.30. The van der Waals surface area contributed by atoms with Crippen LogP contribution in [0.5, 0.6) is 0 Å². The Kier molecular flexibility index (Phi) is 4.83. The molecule has 1 amide bonds. The van der Waals surface area contributed by atoms with E-state index in [4.69, 9.17) is 16.3 Å². The lowest BCUT2D eigenvalue weighted by atomic mass is 9.95. The van der Waals surface area contributed by atoms with Gasteiger partial charge in [-0.05, 0) is 24.5 Å². The molecule has 0 spiro atoms. The second-order valence-corrected chi connectivity index (χ2v) is 5.48. The number of aromatic nitrogens is 1. The third-order valence-electron chi connectivity index (χ3n) is 3.78. The van der Waals surface area contributed by atoms with E-state index in [1.54, 1.807) is 31.2 Å². The largest absolute Gasteiger partial charge is 0.379 e. The van der Waals surface area contributed by atoms with Crippen molar-refractivity contribution in [1.82, 2.24) is 9.88 Å². The third kappa shape index (κ3) is 3.04. The maximum absolute atomic E-state index is 12.6. The van der Waals surface area contributed by atoms with Crippen LogP contribution in [-0.2, 0) is 4.74 Å². The average Bonchev–Trinajstić information content (AvgIpc) is 2.47. The normalized spacial score (nSPS) is 22.7. The fourth-order valence-corrected chi connectivity index (χ4v) is 2.59. The monoisotopic (exact) mass is 297 g/mol. The summed E-state index contributed by atoms with van der Waals surface area (Å²) in [7, 11) is 3.44. The Morgan fingerprint density at radius 3 is 2.95 bits per heavy atom. The van der Waals surface area contributed by atoms with Crippen molar-refractivity contribution in [3.63, 3.8) is 0 Å². The number of methoxy groups -OCH3 is 1. The zero-order chi connectivity index (χ0) is 14.7. The molecule has 1 aromatic heterocycles. The highest BCUT2D eigenvalue weighted by Crippen LogP contribution is 2.23. The van der Waals surface area contributed by atoms with Crippen molar-refractivity contribution in [3.05, 3.63) is 22.8 Å². The number of hydrogen-bond donors (Lipinski definition) is 1. The molecule has 5 nitrogen and oxygen atoms in total. The number of carbonyl (C=O) groups is 1. The molecule has 20 heavy (non-hydrogen) atoms. The van der Waals surface area contributed by atoms with Gasteiger partial charge in [0.1, 0.15) is 11.5 Å². The van der Waals surface area contributed by atoms with E-state index in [2.05, 4.69) is 17.2 Å². The van der Waals surface area contributed by atoms with Crippen LogP contribution in [0.1, 0.15) is 23.8 Å². The number of nitrogens with one attached hydrogen (secondary N) is 1. The second kappa shape index (κ2) is 6.41. The van der Waals surface area contributed by atoms with E-state index in [-0.39, 0.29) is 12.0 Å². The van der Waals surface area contributed by atoms with Gasteiger partial charge in [-0.25, -0.2) is 4.98 Å². The summed E-state index contributed by atoms with van der Waals surface area (Å²) in [5, 5.41) is 3.29. The molecule has 1 aliphatic rings. The molecule has 6 heteroatoms. The van der Waals surface area contributed by atoms with Crippen molar-refractivity contribution in [1.29, 1.82) is 0 Å². The highest BCUT2D eigenvalue weighted by atomic mass is 35.5. The number of nitrogens with zero attached hydrogens (tertiary/aromatic N) is 2. The molecule has 1 N–H and O–H groups in total. The Morgan fingerprint density at radius 2 is 2.30 bits per heavy atom. The van der Waals surface area contributed by atoms with Gasteiger partial charge in [0.05, 0.1) is 11.1 Å². The van der Waals surface area contributed by atoms with Crippen LogP contribution in [-0.4, -0.2) is 49.1 Å². The maximum atomic E-state index is 12.6. The Balaban J connectivity index is 2.19. The summed E-state index contributed by atoms with van der Waals surface area (Å²) in [5.74, 6) is 0.948. The number of rotatable bonds is 3. The van der Waals surface area contributed by atoms with Crippen molar-refractivity contribution in [2.24, 2.45) is 5.92 Å². The lowest BCUT2D eigenvalue weighted by Crippen LogP contribution is -2.46. The molecular weight excluding hydrogens is 278 g/mol. The molecule has 2 atom stereocenters. The third-order valence-corrected chi connectivity index (χ3v) is 4.09. The zero-order valence-corrected chi connectivity index (χ0v) is 12.8. The van der Waals surface area contributed by atoms with Crippen molar-refractivity contribution in [2.75, 3.05) is 32.6 Å². The fraction of sp³-hybridized carbons (Fsp3) is 0.571. The predicted molar refractivity (Wildman–Crippen MR) is 79.3 cm³/mol. The lowest BCUT2D eigenvalue weighted by Gasteiger charge is -2.36. The smallest absolute Gasteiger partial charge is 0.274 e. The van der Waals surface area contributed by atoms with E-state index in [9.17, 15) is 4.79 Å². The minimum atomic E-state index is -0.138. The summed E-state index contributed by atoms with van der Waals surface area (Å²) in [6.45, 7) is 3.43. The predicted octanol–water partition coefficient (Wildman–Crippen LogP) is 2.27. The summed E-state index contributed by atoms with van der Waals surface area (Å²) < 4.78 is 5.44. The van der Waals surface area contributed by atoms with Crippen molar-refractivity contribution in [3.8, 4) is 0 Å². The number of anilines is 1. The number of pyridine rings is 1. The van der Waals surface area contributed by atoms with E-state index in [0.717, 1.165) is 6.42 Å². The van der Waals surface area contributed by atoms with Gasteiger partial charge in [0.25, 0.3) is 5.91 Å². The zero-order valence-electron chi connectivity index (χ0n) is 12.0. The second-order valence-electron chi connectivity index (χ2n) is 5.07. The number of halogens is 1. The van der Waals surface area contributed by atoms with Crippen LogP contribution in [0.15, 0.2) is 12.1 Å². The first-order valence-electron chi connectivity index (χ1n) is 6.73. The number of amides is 1. The Labute approximate surface area is 124 Å². The van der Waals surface area contributed by atoms with E-state index >= 15 is 0 Å². The van der Waals surface area contributed by atoms with Gasteiger partial charge in [-0.1, -0.05) is 18.5 Å². The summed E-state index contributed by atoms with van der Waals surface area (Å²) >= 11 is 6.10. The number of carbonyl (C=O) groups excluding carboxylic acids is 1. The molecule has 0 saturated carbocycles. The standard InChI is InChI=1S/C14H20ClN3O2/c1-9-6-7-18(8-11(9)20-3)14(19)13-10(15)4-5-12(16-2)17-13/h4-5,9,11H,6-8H2,1-3H3,(H,16,17). The summed E-state index contributed by atoms with van der Waals surface area (Å²) in [6.07, 6.45) is 0.993. The average molecular weight is 298 g/mol. The van der Waals surface area contributed by atoms with Crippen LogP contribution in [0.3, 0.4) is 0 Å². The molecule has 0 bridgehead atoms. The Morgan fingerprint density at radius 1 is 1.55 bits per heavy atom. The summed E-state index contributed by atoms with van der Waals surface area (Å²) in [6, 6.07) is 3.43. The van der Waals surface area contributed by atoms with Gasteiger partial charge in [-0.2, -0.15) is 0 Å². The number of hydrogen-bond acceptors (Lipinski definition) is 4. The number of piperidine rings is 1. The molecule has 110 valence electrons. The molecule has 1 aromatic rings. The topological polar surface area (TPSA) is 54.5 Å².